The van der Waals surface area contributed by atoms with E-state index in [-0.39, 0.29) is 11.6 Å². The molecule has 0 bridgehead atoms. The highest BCUT2D eigenvalue weighted by Crippen LogP contribution is 2.20. The first-order valence-electron chi connectivity index (χ1n) is 3.37. The van der Waals surface area contributed by atoms with Crippen molar-refractivity contribution in [3.8, 4) is 0 Å². The van der Waals surface area contributed by atoms with Crippen LogP contribution < -0.4 is 5.32 Å². The molecule has 0 aliphatic carbocycles. The zero-order valence-corrected chi connectivity index (χ0v) is 5.98. The summed E-state index contributed by atoms with van der Waals surface area (Å²) in [5.41, 5.74) is 0.186. The highest BCUT2D eigenvalue weighted by Gasteiger charge is 2.28. The summed E-state index contributed by atoms with van der Waals surface area (Å²) in [6.07, 6.45) is 3.10. The third kappa shape index (κ3) is 1.52. The number of rotatable bonds is 1. The van der Waals surface area contributed by atoms with E-state index in [2.05, 4.69) is 19.2 Å². The molecule has 0 aromatic heterocycles. The van der Waals surface area contributed by atoms with Crippen LogP contribution in [0.1, 0.15) is 26.7 Å². The molecular weight excluding hydrogens is 114 g/mol. The van der Waals surface area contributed by atoms with E-state index in [1.807, 2.05) is 0 Å². The van der Waals surface area contributed by atoms with Gasteiger partial charge in [0.15, 0.2) is 0 Å². The molecule has 0 aromatic rings. The van der Waals surface area contributed by atoms with Gasteiger partial charge in [0.05, 0.1) is 6.04 Å². The molecule has 0 amide bonds. The molecule has 0 radical (unpaired) electrons. The molecule has 1 fully saturated rings. The zero-order valence-electron chi connectivity index (χ0n) is 5.98. The van der Waals surface area contributed by atoms with Gasteiger partial charge in [-0.1, -0.05) is 0 Å². The molecule has 1 heterocycles. The van der Waals surface area contributed by atoms with E-state index in [4.69, 9.17) is 0 Å². The second kappa shape index (κ2) is 2.10. The number of hydrogen-bond acceptors (Lipinski definition) is 2. The third-order valence-electron chi connectivity index (χ3n) is 1.82. The standard InChI is InChI=1S/C7H13NO/c1-7(2)4-3-6(5-9)8-7/h5-6,8H,3-4H2,1-2H3. The van der Waals surface area contributed by atoms with Gasteiger partial charge >= 0.3 is 0 Å². The van der Waals surface area contributed by atoms with E-state index in [1.165, 1.54) is 0 Å². The number of aldehydes is 1. The molecule has 2 heteroatoms. The Morgan fingerprint density at radius 2 is 2.33 bits per heavy atom. The minimum Gasteiger partial charge on any atom is -0.303 e. The predicted molar refractivity (Wildman–Crippen MR) is 36.3 cm³/mol. The van der Waals surface area contributed by atoms with Crippen molar-refractivity contribution in [3.05, 3.63) is 0 Å². The zero-order chi connectivity index (χ0) is 6.91. The Kier molecular flexibility index (Phi) is 1.58. The maximum absolute atomic E-state index is 10.2. The van der Waals surface area contributed by atoms with Crippen molar-refractivity contribution in [2.75, 3.05) is 0 Å². The van der Waals surface area contributed by atoms with Crippen molar-refractivity contribution in [1.29, 1.82) is 0 Å². The van der Waals surface area contributed by atoms with Crippen molar-refractivity contribution in [1.82, 2.24) is 5.32 Å². The maximum Gasteiger partial charge on any atom is 0.136 e. The first-order chi connectivity index (χ1) is 4.14. The van der Waals surface area contributed by atoms with Gasteiger partial charge < -0.3 is 10.1 Å². The number of carbonyl (C=O) groups excluding carboxylic acids is 1. The van der Waals surface area contributed by atoms with Gasteiger partial charge in [-0.25, -0.2) is 0 Å². The van der Waals surface area contributed by atoms with Crippen LogP contribution in [0.15, 0.2) is 0 Å². The van der Waals surface area contributed by atoms with Gasteiger partial charge in [0.2, 0.25) is 0 Å². The first kappa shape index (κ1) is 6.75. The van der Waals surface area contributed by atoms with Crippen molar-refractivity contribution in [2.45, 2.75) is 38.3 Å². The molecule has 0 spiro atoms. The fourth-order valence-electron chi connectivity index (χ4n) is 1.26. The van der Waals surface area contributed by atoms with Crippen LogP contribution >= 0.6 is 0 Å². The number of hydrogen-bond donors (Lipinski definition) is 1. The molecular formula is C7H13NO. The topological polar surface area (TPSA) is 29.1 Å². The van der Waals surface area contributed by atoms with Gasteiger partial charge in [-0.15, -0.1) is 0 Å². The van der Waals surface area contributed by atoms with E-state index >= 15 is 0 Å². The van der Waals surface area contributed by atoms with Crippen molar-refractivity contribution >= 4 is 6.29 Å². The average molecular weight is 127 g/mol. The number of nitrogens with one attached hydrogen (secondary N) is 1. The SMILES string of the molecule is CC1(C)CCC(C=O)N1. The molecule has 1 unspecified atom stereocenters. The lowest BCUT2D eigenvalue weighted by Gasteiger charge is -2.17. The van der Waals surface area contributed by atoms with E-state index in [0.29, 0.717) is 0 Å². The van der Waals surface area contributed by atoms with Gasteiger partial charge in [0.1, 0.15) is 6.29 Å². The molecule has 0 saturated carbocycles. The van der Waals surface area contributed by atoms with E-state index < -0.39 is 0 Å². The Morgan fingerprint density at radius 1 is 1.67 bits per heavy atom. The fourth-order valence-corrected chi connectivity index (χ4v) is 1.26. The Labute approximate surface area is 55.6 Å². The van der Waals surface area contributed by atoms with Crippen LogP contribution in [-0.2, 0) is 4.79 Å². The largest absolute Gasteiger partial charge is 0.303 e. The molecule has 1 aliphatic rings. The highest BCUT2D eigenvalue weighted by atomic mass is 16.1. The summed E-state index contributed by atoms with van der Waals surface area (Å²) in [5.74, 6) is 0. The third-order valence-corrected chi connectivity index (χ3v) is 1.82. The molecule has 1 saturated heterocycles. The lowest BCUT2D eigenvalue weighted by atomic mass is 10.0. The molecule has 1 N–H and O–H groups in total. The van der Waals surface area contributed by atoms with Crippen LogP contribution in [0.2, 0.25) is 0 Å². The van der Waals surface area contributed by atoms with E-state index in [9.17, 15) is 4.79 Å². The number of carbonyl (C=O) groups is 1. The van der Waals surface area contributed by atoms with Gasteiger partial charge in [-0.2, -0.15) is 0 Å². The summed E-state index contributed by atoms with van der Waals surface area (Å²) in [5, 5.41) is 3.21. The van der Waals surface area contributed by atoms with Crippen molar-refractivity contribution in [3.63, 3.8) is 0 Å². The second-order valence-electron chi connectivity index (χ2n) is 3.31. The fraction of sp³-hybridized carbons (Fsp3) is 0.857. The maximum atomic E-state index is 10.2. The Hall–Kier alpha value is -0.370. The first-order valence-corrected chi connectivity index (χ1v) is 3.37. The molecule has 1 aliphatic heterocycles. The lowest BCUT2D eigenvalue weighted by Crippen LogP contribution is -2.37. The summed E-state index contributed by atoms with van der Waals surface area (Å²) < 4.78 is 0. The van der Waals surface area contributed by atoms with Crippen LogP contribution in [-0.4, -0.2) is 17.9 Å². The summed E-state index contributed by atoms with van der Waals surface area (Å²) in [4.78, 5) is 10.2. The summed E-state index contributed by atoms with van der Waals surface area (Å²) in [6.45, 7) is 4.24. The van der Waals surface area contributed by atoms with Crippen LogP contribution in [0.5, 0.6) is 0 Å². The van der Waals surface area contributed by atoms with Gasteiger partial charge in [-0.3, -0.25) is 0 Å². The van der Waals surface area contributed by atoms with E-state index in [0.717, 1.165) is 19.1 Å². The Balaban J connectivity index is 2.47. The highest BCUT2D eigenvalue weighted by molar-refractivity contribution is 5.58. The summed E-state index contributed by atoms with van der Waals surface area (Å²) in [6, 6.07) is 0.111. The van der Waals surface area contributed by atoms with Crippen LogP contribution in [0.4, 0.5) is 0 Å². The quantitative estimate of drug-likeness (QED) is 0.526. The van der Waals surface area contributed by atoms with Crippen molar-refractivity contribution in [2.24, 2.45) is 0 Å². The van der Waals surface area contributed by atoms with Crippen molar-refractivity contribution < 1.29 is 4.79 Å². The van der Waals surface area contributed by atoms with Gasteiger partial charge in [0, 0.05) is 5.54 Å². The Bertz CT molecular complexity index is 120. The monoisotopic (exact) mass is 127 g/mol. The van der Waals surface area contributed by atoms with Crippen LogP contribution in [0.3, 0.4) is 0 Å². The average Bonchev–Trinajstić information content (AvgIpc) is 2.10. The molecule has 0 aromatic carbocycles. The Morgan fingerprint density at radius 3 is 2.56 bits per heavy atom. The van der Waals surface area contributed by atoms with Gasteiger partial charge in [0.25, 0.3) is 0 Å². The normalized spacial score (nSPS) is 32.4. The summed E-state index contributed by atoms with van der Waals surface area (Å²) in [7, 11) is 0. The molecule has 1 rings (SSSR count). The lowest BCUT2D eigenvalue weighted by molar-refractivity contribution is -0.109. The molecule has 2 nitrogen and oxygen atoms in total. The predicted octanol–water partition coefficient (Wildman–Crippen LogP) is 0.716. The minimum atomic E-state index is 0.111. The van der Waals surface area contributed by atoms with E-state index in [1.54, 1.807) is 0 Å². The van der Waals surface area contributed by atoms with Crippen LogP contribution in [0, 0.1) is 0 Å². The minimum absolute atomic E-state index is 0.111. The van der Waals surface area contributed by atoms with Crippen LogP contribution in [0.25, 0.3) is 0 Å². The van der Waals surface area contributed by atoms with Gasteiger partial charge in [-0.05, 0) is 26.7 Å². The smallest absolute Gasteiger partial charge is 0.136 e. The molecule has 52 valence electrons. The molecule has 1 atom stereocenters. The second-order valence-corrected chi connectivity index (χ2v) is 3.31. The molecule has 9 heavy (non-hydrogen) atoms. The summed E-state index contributed by atoms with van der Waals surface area (Å²) >= 11 is 0.